The van der Waals surface area contributed by atoms with Gasteiger partial charge in [-0.3, -0.25) is 14.5 Å². The second-order valence-electron chi connectivity index (χ2n) is 5.66. The van der Waals surface area contributed by atoms with Gasteiger partial charge in [-0.2, -0.15) is 0 Å². The summed E-state index contributed by atoms with van der Waals surface area (Å²) >= 11 is 2.22. The van der Waals surface area contributed by atoms with Crippen LogP contribution in [0.3, 0.4) is 0 Å². The molecule has 0 N–H and O–H groups in total. The fraction of sp³-hybridized carbons (Fsp3) is 0.467. The molecule has 3 rings (SSSR count). The number of imide groups is 1. The second kappa shape index (κ2) is 4.89. The molecule has 1 aliphatic heterocycles. The zero-order valence-electron chi connectivity index (χ0n) is 10.7. The first-order valence-electron chi connectivity index (χ1n) is 6.71. The highest BCUT2D eigenvalue weighted by atomic mass is 127. The van der Waals surface area contributed by atoms with Crippen LogP contribution in [0.25, 0.3) is 0 Å². The molecule has 2 aliphatic rings. The van der Waals surface area contributed by atoms with Crippen molar-refractivity contribution >= 4 is 40.1 Å². The van der Waals surface area contributed by atoms with Crippen LogP contribution in [0.5, 0.6) is 0 Å². The van der Waals surface area contributed by atoms with Crippen molar-refractivity contribution in [1.29, 1.82) is 0 Å². The van der Waals surface area contributed by atoms with Crippen LogP contribution in [0.4, 0.5) is 5.69 Å². The standard InChI is InChI=1S/C15H16INO2/c16-11-3-5-12(6-4-11)17-13(18)9-15(10-14(17)19)7-1-2-8-15/h3-6H,1-2,7-10H2. The van der Waals surface area contributed by atoms with Crippen molar-refractivity contribution in [1.82, 2.24) is 0 Å². The summed E-state index contributed by atoms with van der Waals surface area (Å²) in [5.74, 6) is -0.0567. The summed E-state index contributed by atoms with van der Waals surface area (Å²) in [6, 6.07) is 7.56. The van der Waals surface area contributed by atoms with Crippen molar-refractivity contribution in [3.63, 3.8) is 0 Å². The molecule has 1 saturated heterocycles. The molecular formula is C15H16INO2. The Hall–Kier alpha value is -0.910. The average Bonchev–Trinajstić information content (AvgIpc) is 2.78. The molecule has 1 aliphatic carbocycles. The molecule has 3 nitrogen and oxygen atoms in total. The molecule has 1 heterocycles. The smallest absolute Gasteiger partial charge is 0.234 e. The van der Waals surface area contributed by atoms with Gasteiger partial charge in [0, 0.05) is 16.4 Å². The summed E-state index contributed by atoms with van der Waals surface area (Å²) in [6.45, 7) is 0. The average molecular weight is 369 g/mol. The molecule has 100 valence electrons. The maximum atomic E-state index is 12.4. The quantitative estimate of drug-likeness (QED) is 0.561. The number of carbonyl (C=O) groups excluding carboxylic acids is 2. The zero-order chi connectivity index (χ0) is 13.5. The van der Waals surface area contributed by atoms with Gasteiger partial charge >= 0.3 is 0 Å². The van der Waals surface area contributed by atoms with Crippen LogP contribution in [-0.2, 0) is 9.59 Å². The highest BCUT2D eigenvalue weighted by Crippen LogP contribution is 2.47. The van der Waals surface area contributed by atoms with Gasteiger partial charge in [0.1, 0.15) is 0 Å². The van der Waals surface area contributed by atoms with Crippen LogP contribution < -0.4 is 4.90 Å². The number of amides is 2. The van der Waals surface area contributed by atoms with E-state index in [1.807, 2.05) is 24.3 Å². The molecule has 1 spiro atoms. The number of nitrogens with zero attached hydrogens (tertiary/aromatic N) is 1. The van der Waals surface area contributed by atoms with Crippen LogP contribution in [-0.4, -0.2) is 11.8 Å². The lowest BCUT2D eigenvalue weighted by Gasteiger charge is -2.37. The Morgan fingerprint density at radius 1 is 0.947 bits per heavy atom. The lowest BCUT2D eigenvalue weighted by Crippen LogP contribution is -2.47. The van der Waals surface area contributed by atoms with Crippen molar-refractivity contribution in [3.05, 3.63) is 27.8 Å². The lowest BCUT2D eigenvalue weighted by molar-refractivity contribution is -0.133. The lowest BCUT2D eigenvalue weighted by atomic mass is 9.76. The Kier molecular flexibility index (Phi) is 3.37. The van der Waals surface area contributed by atoms with E-state index in [-0.39, 0.29) is 17.2 Å². The van der Waals surface area contributed by atoms with Crippen LogP contribution in [0.15, 0.2) is 24.3 Å². The van der Waals surface area contributed by atoms with Crippen LogP contribution in [0.1, 0.15) is 38.5 Å². The molecule has 1 aromatic carbocycles. The maximum absolute atomic E-state index is 12.4. The Labute approximate surface area is 126 Å². The molecule has 2 fully saturated rings. The fourth-order valence-electron chi connectivity index (χ4n) is 3.36. The molecule has 19 heavy (non-hydrogen) atoms. The van der Waals surface area contributed by atoms with E-state index < -0.39 is 0 Å². The van der Waals surface area contributed by atoms with Gasteiger partial charge in [-0.1, -0.05) is 12.8 Å². The highest BCUT2D eigenvalue weighted by Gasteiger charge is 2.45. The van der Waals surface area contributed by atoms with E-state index in [1.54, 1.807) is 0 Å². The van der Waals surface area contributed by atoms with E-state index in [4.69, 9.17) is 0 Å². The SMILES string of the molecule is O=C1CC2(CCCC2)CC(=O)N1c1ccc(I)cc1. The largest absolute Gasteiger partial charge is 0.274 e. The second-order valence-corrected chi connectivity index (χ2v) is 6.91. The van der Waals surface area contributed by atoms with Gasteiger partial charge in [0.2, 0.25) is 11.8 Å². The van der Waals surface area contributed by atoms with E-state index in [9.17, 15) is 9.59 Å². The number of carbonyl (C=O) groups is 2. The van der Waals surface area contributed by atoms with E-state index >= 15 is 0 Å². The molecule has 2 amide bonds. The third kappa shape index (κ3) is 2.42. The first-order valence-corrected chi connectivity index (χ1v) is 7.79. The molecule has 1 saturated carbocycles. The zero-order valence-corrected chi connectivity index (χ0v) is 12.9. The molecular weight excluding hydrogens is 353 g/mol. The Morgan fingerprint density at radius 2 is 1.47 bits per heavy atom. The summed E-state index contributed by atoms with van der Waals surface area (Å²) in [5, 5.41) is 0. The summed E-state index contributed by atoms with van der Waals surface area (Å²) < 4.78 is 1.10. The molecule has 4 heteroatoms. The van der Waals surface area contributed by atoms with E-state index in [0.29, 0.717) is 18.5 Å². The molecule has 0 bridgehead atoms. The number of hydrogen-bond donors (Lipinski definition) is 0. The highest BCUT2D eigenvalue weighted by molar-refractivity contribution is 14.1. The predicted octanol–water partition coefficient (Wildman–Crippen LogP) is 3.51. The van der Waals surface area contributed by atoms with Crippen LogP contribution in [0.2, 0.25) is 0 Å². The van der Waals surface area contributed by atoms with E-state index in [1.165, 1.54) is 4.90 Å². The molecule has 1 aromatic rings. The van der Waals surface area contributed by atoms with E-state index in [2.05, 4.69) is 22.6 Å². The molecule has 0 radical (unpaired) electrons. The Morgan fingerprint density at radius 3 is 2.00 bits per heavy atom. The van der Waals surface area contributed by atoms with Gasteiger partial charge in [-0.15, -0.1) is 0 Å². The number of anilines is 1. The number of halogens is 1. The van der Waals surface area contributed by atoms with Gasteiger partial charge < -0.3 is 0 Å². The molecule has 0 atom stereocenters. The summed E-state index contributed by atoms with van der Waals surface area (Å²) in [4.78, 5) is 26.1. The van der Waals surface area contributed by atoms with Crippen molar-refractivity contribution in [2.45, 2.75) is 38.5 Å². The Bertz CT molecular complexity index is 497. The van der Waals surface area contributed by atoms with E-state index in [0.717, 1.165) is 29.3 Å². The summed E-state index contributed by atoms with van der Waals surface area (Å²) in [7, 11) is 0. The van der Waals surface area contributed by atoms with Crippen LogP contribution in [0, 0.1) is 8.99 Å². The summed E-state index contributed by atoms with van der Waals surface area (Å²) in [6.07, 6.45) is 5.44. The topological polar surface area (TPSA) is 37.4 Å². The van der Waals surface area contributed by atoms with Gasteiger partial charge in [0.25, 0.3) is 0 Å². The van der Waals surface area contributed by atoms with Crippen LogP contribution >= 0.6 is 22.6 Å². The number of benzene rings is 1. The molecule has 0 unspecified atom stereocenters. The molecule has 0 aromatic heterocycles. The monoisotopic (exact) mass is 369 g/mol. The third-order valence-corrected chi connectivity index (χ3v) is 5.02. The minimum atomic E-state index is -0.0284. The van der Waals surface area contributed by atoms with Crippen molar-refractivity contribution in [2.24, 2.45) is 5.41 Å². The van der Waals surface area contributed by atoms with Crippen molar-refractivity contribution in [3.8, 4) is 0 Å². The minimum absolute atomic E-state index is 0.0200. The number of hydrogen-bond acceptors (Lipinski definition) is 2. The normalized spacial score (nSPS) is 22.3. The predicted molar refractivity (Wildman–Crippen MR) is 81.8 cm³/mol. The maximum Gasteiger partial charge on any atom is 0.234 e. The van der Waals surface area contributed by atoms with Gasteiger partial charge in [0.15, 0.2) is 0 Å². The first-order chi connectivity index (χ1) is 9.10. The fourth-order valence-corrected chi connectivity index (χ4v) is 3.72. The number of rotatable bonds is 1. The van der Waals surface area contributed by atoms with Gasteiger partial charge in [0.05, 0.1) is 5.69 Å². The minimum Gasteiger partial charge on any atom is -0.274 e. The third-order valence-electron chi connectivity index (χ3n) is 4.30. The number of piperidine rings is 1. The first kappa shape index (κ1) is 13.1. The summed E-state index contributed by atoms with van der Waals surface area (Å²) in [5.41, 5.74) is 0.691. The Balaban J connectivity index is 1.86. The van der Waals surface area contributed by atoms with Crippen molar-refractivity contribution < 1.29 is 9.59 Å². The van der Waals surface area contributed by atoms with Gasteiger partial charge in [-0.25, -0.2) is 0 Å². The van der Waals surface area contributed by atoms with Crippen molar-refractivity contribution in [2.75, 3.05) is 4.90 Å². The van der Waals surface area contributed by atoms with Gasteiger partial charge in [-0.05, 0) is 65.1 Å².